The first kappa shape index (κ1) is 16.7. The van der Waals surface area contributed by atoms with E-state index in [9.17, 15) is 8.42 Å². The molecule has 2 aromatic rings. The Balaban J connectivity index is 0.00000200. The van der Waals surface area contributed by atoms with E-state index in [0.717, 1.165) is 23.1 Å². The summed E-state index contributed by atoms with van der Waals surface area (Å²) >= 11 is 0. The minimum Gasteiger partial charge on any atom is -0.388 e. The molecule has 20 heavy (non-hydrogen) atoms. The molecule has 2 rings (SSSR count). The van der Waals surface area contributed by atoms with Crippen molar-refractivity contribution in [1.82, 2.24) is 0 Å². The topological polar surface area (TPSA) is 55.4 Å². The molecule has 0 atom stereocenters. The second-order valence-electron chi connectivity index (χ2n) is 4.08. The Morgan fingerprint density at radius 3 is 2.10 bits per heavy atom. The summed E-state index contributed by atoms with van der Waals surface area (Å²) in [6.07, 6.45) is 1.04. The summed E-state index contributed by atoms with van der Waals surface area (Å²) in [6, 6.07) is 14.7. The Bertz CT molecular complexity index is 686. The molecule has 0 saturated heterocycles. The Hall–Kier alpha value is -1.35. The summed E-state index contributed by atoms with van der Waals surface area (Å²) in [4.78, 5) is 0. The fourth-order valence-corrected chi connectivity index (χ4v) is 2.33. The molecule has 4 nitrogen and oxygen atoms in total. The van der Waals surface area contributed by atoms with Crippen molar-refractivity contribution < 1.29 is 33.0 Å². The van der Waals surface area contributed by atoms with Gasteiger partial charge in [0.2, 0.25) is 0 Å². The van der Waals surface area contributed by atoms with Gasteiger partial charge < -0.3 is 9.50 Å². The van der Waals surface area contributed by atoms with Crippen molar-refractivity contribution in [3.05, 3.63) is 48.5 Å². The second-order valence-corrected chi connectivity index (χ2v) is 5.65. The average molecular weight is 384 g/mol. The first-order valence-corrected chi connectivity index (χ1v) is 7.58. The molecule has 2 aromatic carbocycles. The van der Waals surface area contributed by atoms with E-state index in [-0.39, 0.29) is 20.4 Å². The maximum Gasteiger partial charge on any atom is 2.00 e. The molecule has 0 aliphatic carbocycles. The minimum atomic E-state index is -3.55. The van der Waals surface area contributed by atoms with E-state index in [1.54, 1.807) is 12.1 Å². The number of para-hydroxylation sites is 2. The van der Waals surface area contributed by atoms with Crippen LogP contribution in [-0.4, -0.2) is 21.7 Å². The number of rotatable bonds is 4. The molecule has 0 radical (unpaired) electrons. The van der Waals surface area contributed by atoms with Gasteiger partial charge in [0.15, 0.2) is 0 Å². The first-order chi connectivity index (χ1) is 9.01. The van der Waals surface area contributed by atoms with Gasteiger partial charge >= 0.3 is 30.5 Å². The van der Waals surface area contributed by atoms with Crippen LogP contribution in [0.4, 0.5) is 5.69 Å². The molecular weight excluding hydrogens is 369 g/mol. The minimum absolute atomic E-state index is 0. The van der Waals surface area contributed by atoms with Crippen molar-refractivity contribution in [3.63, 3.8) is 0 Å². The van der Waals surface area contributed by atoms with E-state index in [0.29, 0.717) is 5.75 Å². The third-order valence-corrected chi connectivity index (χ3v) is 3.10. The number of anilines is 1. The molecule has 0 amide bonds. The summed E-state index contributed by atoms with van der Waals surface area (Å²) in [7, 11) is -1.73. The van der Waals surface area contributed by atoms with Gasteiger partial charge in [-0.1, -0.05) is 36.4 Å². The zero-order chi connectivity index (χ0) is 13.9. The van der Waals surface area contributed by atoms with Gasteiger partial charge in [-0.15, -0.1) is 0 Å². The van der Waals surface area contributed by atoms with Crippen LogP contribution >= 0.6 is 0 Å². The van der Waals surface area contributed by atoms with Gasteiger partial charge in [0.1, 0.15) is 5.75 Å². The SMILES string of the molecule is CNc1ccccc1-c1ccccc1OS(C)(=O)=O.[Pd+2]. The monoisotopic (exact) mass is 383 g/mol. The van der Waals surface area contributed by atoms with Gasteiger partial charge in [0.25, 0.3) is 0 Å². The molecule has 0 fully saturated rings. The van der Waals surface area contributed by atoms with E-state index in [4.69, 9.17) is 4.18 Å². The van der Waals surface area contributed by atoms with Gasteiger partial charge in [-0.25, -0.2) is 0 Å². The second kappa shape index (κ2) is 6.89. The smallest absolute Gasteiger partial charge is 0.388 e. The van der Waals surface area contributed by atoms with Crippen molar-refractivity contribution in [1.29, 1.82) is 0 Å². The van der Waals surface area contributed by atoms with Crippen molar-refractivity contribution in [3.8, 4) is 16.9 Å². The van der Waals surface area contributed by atoms with Gasteiger partial charge in [-0.2, -0.15) is 8.42 Å². The maximum atomic E-state index is 11.3. The summed E-state index contributed by atoms with van der Waals surface area (Å²) in [5.41, 5.74) is 2.54. The average Bonchev–Trinajstić information content (AvgIpc) is 2.37. The van der Waals surface area contributed by atoms with Gasteiger partial charge in [0, 0.05) is 23.9 Å². The third kappa shape index (κ3) is 4.07. The normalized spacial score (nSPS) is 10.5. The maximum absolute atomic E-state index is 11.3. The number of hydrogen-bond acceptors (Lipinski definition) is 4. The molecule has 1 N–H and O–H groups in total. The molecule has 0 spiro atoms. The van der Waals surface area contributed by atoms with Crippen LogP contribution in [0.25, 0.3) is 11.1 Å². The number of hydrogen-bond donors (Lipinski definition) is 1. The molecule has 0 unspecified atom stereocenters. The van der Waals surface area contributed by atoms with Crippen molar-refractivity contribution in [2.75, 3.05) is 18.6 Å². The zero-order valence-corrected chi connectivity index (χ0v) is 13.4. The van der Waals surface area contributed by atoms with Gasteiger partial charge in [-0.3, -0.25) is 0 Å². The number of benzene rings is 2. The predicted octanol–water partition coefficient (Wildman–Crippen LogP) is 2.73. The Morgan fingerprint density at radius 2 is 1.50 bits per heavy atom. The Kier molecular flexibility index (Phi) is 5.76. The summed E-state index contributed by atoms with van der Waals surface area (Å²) in [5.74, 6) is 0.327. The van der Waals surface area contributed by atoms with Crippen LogP contribution in [0, 0.1) is 0 Å². The number of nitrogens with one attached hydrogen (secondary N) is 1. The van der Waals surface area contributed by atoms with E-state index in [1.165, 1.54) is 0 Å². The quantitative estimate of drug-likeness (QED) is 0.651. The molecule has 0 bridgehead atoms. The first-order valence-electron chi connectivity index (χ1n) is 5.77. The van der Waals surface area contributed by atoms with E-state index >= 15 is 0 Å². The van der Waals surface area contributed by atoms with Crippen molar-refractivity contribution >= 4 is 15.8 Å². The Labute approximate surface area is 132 Å². The standard InChI is InChI=1S/C14H15NO3S.Pd/c1-15-13-9-5-3-7-11(13)12-8-4-6-10-14(12)18-19(2,16)17;/h3-10,15H,1-2H3;/q;+2. The Morgan fingerprint density at radius 1 is 0.950 bits per heavy atom. The van der Waals surface area contributed by atoms with Crippen LogP contribution in [-0.2, 0) is 30.5 Å². The van der Waals surface area contributed by atoms with Crippen molar-refractivity contribution in [2.24, 2.45) is 0 Å². The van der Waals surface area contributed by atoms with Crippen LogP contribution in [0.15, 0.2) is 48.5 Å². The third-order valence-electron chi connectivity index (χ3n) is 2.61. The van der Waals surface area contributed by atoms with Crippen LogP contribution in [0.2, 0.25) is 0 Å². The zero-order valence-electron chi connectivity index (χ0n) is 11.1. The molecule has 0 heterocycles. The fraction of sp³-hybridized carbons (Fsp3) is 0.143. The van der Waals surface area contributed by atoms with Gasteiger partial charge in [-0.05, 0) is 12.1 Å². The largest absolute Gasteiger partial charge is 2.00 e. The van der Waals surface area contributed by atoms with Gasteiger partial charge in [0.05, 0.1) is 6.26 Å². The fourth-order valence-electron chi connectivity index (χ4n) is 1.86. The van der Waals surface area contributed by atoms with Crippen LogP contribution in [0.3, 0.4) is 0 Å². The van der Waals surface area contributed by atoms with Crippen LogP contribution < -0.4 is 9.50 Å². The predicted molar refractivity (Wildman–Crippen MR) is 76.9 cm³/mol. The molecule has 0 aliphatic heterocycles. The van der Waals surface area contributed by atoms with Crippen LogP contribution in [0.1, 0.15) is 0 Å². The van der Waals surface area contributed by atoms with E-state index in [2.05, 4.69) is 5.32 Å². The molecular formula is C14H15NO3PdS+2. The summed E-state index contributed by atoms with van der Waals surface area (Å²) in [6.45, 7) is 0. The summed E-state index contributed by atoms with van der Waals surface area (Å²) in [5, 5.41) is 3.08. The van der Waals surface area contributed by atoms with Crippen molar-refractivity contribution in [2.45, 2.75) is 0 Å². The van der Waals surface area contributed by atoms with E-state index < -0.39 is 10.1 Å². The van der Waals surface area contributed by atoms with E-state index in [1.807, 2.05) is 43.4 Å². The molecule has 0 aromatic heterocycles. The molecule has 6 heteroatoms. The molecule has 0 aliphatic rings. The summed E-state index contributed by atoms with van der Waals surface area (Å²) < 4.78 is 27.6. The van der Waals surface area contributed by atoms with Crippen LogP contribution in [0.5, 0.6) is 5.75 Å². The molecule has 108 valence electrons. The molecule has 0 saturated carbocycles.